The number of aromatic nitrogens is 2. The zero-order chi connectivity index (χ0) is 12.8. The SMILES string of the molecule is OC[C@H](Cc1ccccc1)Nc1ncc(Br)cn1. The second-order valence-electron chi connectivity index (χ2n) is 3.94. The predicted octanol–water partition coefficient (Wildman–Crippen LogP) is 2.25. The van der Waals surface area contributed by atoms with Gasteiger partial charge in [0.25, 0.3) is 0 Å². The third-order valence-corrected chi connectivity index (χ3v) is 2.91. The minimum Gasteiger partial charge on any atom is -0.394 e. The highest BCUT2D eigenvalue weighted by atomic mass is 79.9. The Bertz CT molecular complexity index is 475. The summed E-state index contributed by atoms with van der Waals surface area (Å²) in [6, 6.07) is 9.93. The summed E-state index contributed by atoms with van der Waals surface area (Å²) < 4.78 is 0.830. The summed E-state index contributed by atoms with van der Waals surface area (Å²) in [7, 11) is 0. The largest absolute Gasteiger partial charge is 0.394 e. The molecule has 4 nitrogen and oxygen atoms in total. The number of aliphatic hydroxyl groups is 1. The minimum atomic E-state index is -0.0893. The predicted molar refractivity (Wildman–Crippen MR) is 74.4 cm³/mol. The number of halogens is 1. The van der Waals surface area contributed by atoms with Crippen molar-refractivity contribution in [2.24, 2.45) is 0 Å². The van der Waals surface area contributed by atoms with Crippen LogP contribution in [0, 0.1) is 0 Å². The van der Waals surface area contributed by atoms with Crippen molar-refractivity contribution in [3.05, 3.63) is 52.8 Å². The summed E-state index contributed by atoms with van der Waals surface area (Å²) in [5.74, 6) is 0.521. The fourth-order valence-electron chi connectivity index (χ4n) is 1.63. The average molecular weight is 308 g/mol. The molecular weight excluding hydrogens is 294 g/mol. The van der Waals surface area contributed by atoms with Crippen LogP contribution in [0.15, 0.2) is 47.2 Å². The van der Waals surface area contributed by atoms with Crippen molar-refractivity contribution in [2.75, 3.05) is 11.9 Å². The summed E-state index contributed by atoms with van der Waals surface area (Å²) in [4.78, 5) is 8.25. The molecule has 0 spiro atoms. The van der Waals surface area contributed by atoms with Gasteiger partial charge in [0.05, 0.1) is 17.1 Å². The molecule has 1 aromatic carbocycles. The fraction of sp³-hybridized carbons (Fsp3) is 0.231. The van der Waals surface area contributed by atoms with E-state index >= 15 is 0 Å². The molecule has 0 saturated heterocycles. The number of rotatable bonds is 5. The molecule has 5 heteroatoms. The number of hydrogen-bond acceptors (Lipinski definition) is 4. The van der Waals surface area contributed by atoms with Crippen molar-refractivity contribution < 1.29 is 5.11 Å². The molecule has 1 aromatic heterocycles. The van der Waals surface area contributed by atoms with Crippen LogP contribution in [0.1, 0.15) is 5.56 Å². The fourth-order valence-corrected chi connectivity index (χ4v) is 1.83. The van der Waals surface area contributed by atoms with E-state index in [1.165, 1.54) is 5.56 Å². The van der Waals surface area contributed by atoms with Crippen molar-refractivity contribution in [3.63, 3.8) is 0 Å². The van der Waals surface area contributed by atoms with Crippen molar-refractivity contribution >= 4 is 21.9 Å². The van der Waals surface area contributed by atoms with Gasteiger partial charge in [-0.2, -0.15) is 0 Å². The number of anilines is 1. The molecule has 18 heavy (non-hydrogen) atoms. The lowest BCUT2D eigenvalue weighted by atomic mass is 10.1. The standard InChI is InChI=1S/C13H14BrN3O/c14-11-7-15-13(16-8-11)17-12(9-18)6-10-4-2-1-3-5-10/h1-5,7-8,12,18H,6,9H2,(H,15,16,17)/t12-/m0/s1. The Labute approximate surface area is 114 Å². The summed E-state index contributed by atoms with van der Waals surface area (Å²) >= 11 is 3.28. The molecule has 2 rings (SSSR count). The first-order valence-electron chi connectivity index (χ1n) is 5.67. The maximum absolute atomic E-state index is 9.38. The van der Waals surface area contributed by atoms with E-state index in [9.17, 15) is 5.11 Å². The second kappa shape index (κ2) is 6.47. The van der Waals surface area contributed by atoms with E-state index in [1.807, 2.05) is 30.3 Å². The summed E-state index contributed by atoms with van der Waals surface area (Å²) in [5, 5.41) is 12.5. The van der Waals surface area contributed by atoms with Crippen molar-refractivity contribution in [1.82, 2.24) is 9.97 Å². The maximum atomic E-state index is 9.38. The van der Waals surface area contributed by atoms with Crippen LogP contribution in [-0.4, -0.2) is 27.7 Å². The lowest BCUT2D eigenvalue weighted by molar-refractivity contribution is 0.273. The van der Waals surface area contributed by atoms with Crippen molar-refractivity contribution in [3.8, 4) is 0 Å². The Kier molecular flexibility index (Phi) is 4.66. The Balaban J connectivity index is 1.99. The zero-order valence-corrected chi connectivity index (χ0v) is 11.3. The number of nitrogens with one attached hydrogen (secondary N) is 1. The normalized spacial score (nSPS) is 12.1. The molecule has 0 fully saturated rings. The summed E-state index contributed by atoms with van der Waals surface area (Å²) in [6.45, 7) is 0.0360. The number of hydrogen-bond donors (Lipinski definition) is 2. The van der Waals surface area contributed by atoms with E-state index in [-0.39, 0.29) is 12.6 Å². The zero-order valence-electron chi connectivity index (χ0n) is 9.75. The molecule has 0 unspecified atom stereocenters. The smallest absolute Gasteiger partial charge is 0.222 e. The molecule has 0 aliphatic rings. The molecule has 0 aliphatic heterocycles. The first-order valence-corrected chi connectivity index (χ1v) is 6.46. The Hall–Kier alpha value is -1.46. The lowest BCUT2D eigenvalue weighted by Gasteiger charge is -2.16. The van der Waals surface area contributed by atoms with Crippen LogP contribution in [-0.2, 0) is 6.42 Å². The molecule has 1 atom stereocenters. The second-order valence-corrected chi connectivity index (χ2v) is 4.85. The molecular formula is C13H14BrN3O. The lowest BCUT2D eigenvalue weighted by Crippen LogP contribution is -2.27. The van der Waals surface area contributed by atoms with Crippen LogP contribution < -0.4 is 5.32 Å². The van der Waals surface area contributed by atoms with E-state index in [0.29, 0.717) is 5.95 Å². The molecule has 0 saturated carbocycles. The molecule has 0 aliphatic carbocycles. The van der Waals surface area contributed by atoms with Crippen LogP contribution in [0.25, 0.3) is 0 Å². The van der Waals surface area contributed by atoms with Gasteiger partial charge in [-0.25, -0.2) is 9.97 Å². The van der Waals surface area contributed by atoms with Crippen LogP contribution in [0.4, 0.5) is 5.95 Å². The van der Waals surface area contributed by atoms with E-state index in [0.717, 1.165) is 10.9 Å². The molecule has 94 valence electrons. The molecule has 0 radical (unpaired) electrons. The number of benzene rings is 1. The average Bonchev–Trinajstić information content (AvgIpc) is 2.41. The van der Waals surface area contributed by atoms with E-state index < -0.39 is 0 Å². The van der Waals surface area contributed by atoms with Gasteiger partial charge < -0.3 is 10.4 Å². The van der Waals surface area contributed by atoms with E-state index in [4.69, 9.17) is 0 Å². The third kappa shape index (κ3) is 3.78. The first kappa shape index (κ1) is 13.0. The van der Waals surface area contributed by atoms with Gasteiger partial charge in [-0.3, -0.25) is 0 Å². The van der Waals surface area contributed by atoms with Gasteiger partial charge >= 0.3 is 0 Å². The van der Waals surface area contributed by atoms with E-state index in [1.54, 1.807) is 12.4 Å². The van der Waals surface area contributed by atoms with Crippen LogP contribution >= 0.6 is 15.9 Å². The van der Waals surface area contributed by atoms with Gasteiger partial charge in [-0.1, -0.05) is 30.3 Å². The van der Waals surface area contributed by atoms with E-state index in [2.05, 4.69) is 31.2 Å². The van der Waals surface area contributed by atoms with Gasteiger partial charge in [0.15, 0.2) is 0 Å². The monoisotopic (exact) mass is 307 g/mol. The molecule has 0 amide bonds. The topological polar surface area (TPSA) is 58.0 Å². The highest BCUT2D eigenvalue weighted by molar-refractivity contribution is 9.10. The van der Waals surface area contributed by atoms with Gasteiger partial charge in [-0.05, 0) is 27.9 Å². The number of nitrogens with zero attached hydrogens (tertiary/aromatic N) is 2. The van der Waals surface area contributed by atoms with Crippen molar-refractivity contribution in [1.29, 1.82) is 0 Å². The highest BCUT2D eigenvalue weighted by Crippen LogP contribution is 2.10. The van der Waals surface area contributed by atoms with Gasteiger partial charge in [-0.15, -0.1) is 0 Å². The minimum absolute atomic E-state index is 0.0360. The molecule has 1 heterocycles. The number of aliphatic hydroxyl groups excluding tert-OH is 1. The van der Waals surface area contributed by atoms with Gasteiger partial charge in [0.2, 0.25) is 5.95 Å². The van der Waals surface area contributed by atoms with Crippen molar-refractivity contribution in [2.45, 2.75) is 12.5 Å². The third-order valence-electron chi connectivity index (χ3n) is 2.50. The van der Waals surface area contributed by atoms with Gasteiger partial charge in [0.1, 0.15) is 0 Å². The maximum Gasteiger partial charge on any atom is 0.222 e. The molecule has 2 aromatic rings. The van der Waals surface area contributed by atoms with Crippen LogP contribution in [0.5, 0.6) is 0 Å². The summed E-state index contributed by atoms with van der Waals surface area (Å²) in [6.07, 6.45) is 4.08. The Morgan fingerprint density at radius 2 is 1.83 bits per heavy atom. The van der Waals surface area contributed by atoms with Crippen LogP contribution in [0.2, 0.25) is 0 Å². The quantitative estimate of drug-likeness (QED) is 0.889. The Morgan fingerprint density at radius 3 is 2.44 bits per heavy atom. The highest BCUT2D eigenvalue weighted by Gasteiger charge is 2.09. The summed E-state index contributed by atoms with van der Waals surface area (Å²) in [5.41, 5.74) is 1.17. The van der Waals surface area contributed by atoms with Crippen LogP contribution in [0.3, 0.4) is 0 Å². The Morgan fingerprint density at radius 1 is 1.17 bits per heavy atom. The van der Waals surface area contributed by atoms with Gasteiger partial charge in [0, 0.05) is 12.4 Å². The first-order chi connectivity index (χ1) is 8.78. The molecule has 2 N–H and O–H groups in total. The molecule has 0 bridgehead atoms.